The number of para-hydroxylation sites is 1. The fourth-order valence-electron chi connectivity index (χ4n) is 2.85. The minimum absolute atomic E-state index is 0.293. The number of H-pyrrole nitrogens is 1. The molecule has 1 heterocycles. The van der Waals surface area contributed by atoms with Gasteiger partial charge in [-0.2, -0.15) is 0 Å². The first-order valence-electron chi connectivity index (χ1n) is 6.29. The first-order chi connectivity index (χ1) is 8.40. The maximum absolute atomic E-state index is 12.3. The Labute approximate surface area is 100 Å². The van der Waals surface area contributed by atoms with E-state index in [1.54, 1.807) is 0 Å². The summed E-state index contributed by atoms with van der Waals surface area (Å²) in [7, 11) is 0. The van der Waals surface area contributed by atoms with Gasteiger partial charge in [0, 0.05) is 29.2 Å². The fourth-order valence-corrected chi connectivity index (χ4v) is 2.85. The van der Waals surface area contributed by atoms with E-state index in [0.29, 0.717) is 12.6 Å². The van der Waals surface area contributed by atoms with Gasteiger partial charge in [0.15, 0.2) is 0 Å². The molecule has 3 heteroatoms. The van der Waals surface area contributed by atoms with Gasteiger partial charge in [0.1, 0.15) is 6.67 Å². The van der Waals surface area contributed by atoms with Crippen molar-refractivity contribution in [3.63, 3.8) is 0 Å². The second-order valence-corrected chi connectivity index (χ2v) is 4.65. The molecule has 0 bridgehead atoms. The van der Waals surface area contributed by atoms with Crippen LogP contribution in [0.15, 0.2) is 24.3 Å². The van der Waals surface area contributed by atoms with Gasteiger partial charge in [0.2, 0.25) is 0 Å². The lowest BCUT2D eigenvalue weighted by Gasteiger charge is -2.23. The van der Waals surface area contributed by atoms with E-state index >= 15 is 0 Å². The highest BCUT2D eigenvalue weighted by atomic mass is 19.1. The van der Waals surface area contributed by atoms with E-state index < -0.39 is 0 Å². The summed E-state index contributed by atoms with van der Waals surface area (Å²) in [5.41, 5.74) is 3.89. The van der Waals surface area contributed by atoms with Crippen molar-refractivity contribution >= 4 is 10.9 Å². The molecule has 90 valence electrons. The molecule has 17 heavy (non-hydrogen) atoms. The number of hydrogen-bond donors (Lipinski definition) is 2. The minimum Gasteiger partial charge on any atom is -0.357 e. The zero-order valence-electron chi connectivity index (χ0n) is 9.80. The summed E-state index contributed by atoms with van der Waals surface area (Å²) in [6, 6.07) is 8.70. The van der Waals surface area contributed by atoms with Crippen LogP contribution in [0.2, 0.25) is 0 Å². The third-order valence-corrected chi connectivity index (χ3v) is 3.60. The minimum atomic E-state index is -0.300. The Bertz CT molecular complexity index is 518. The van der Waals surface area contributed by atoms with Gasteiger partial charge in [0.05, 0.1) is 0 Å². The summed E-state index contributed by atoms with van der Waals surface area (Å²) >= 11 is 0. The van der Waals surface area contributed by atoms with E-state index in [4.69, 9.17) is 0 Å². The smallest absolute Gasteiger partial charge is 0.102 e. The Morgan fingerprint density at radius 1 is 1.35 bits per heavy atom. The second kappa shape index (κ2) is 4.49. The van der Waals surface area contributed by atoms with E-state index in [9.17, 15) is 4.39 Å². The van der Waals surface area contributed by atoms with E-state index in [0.717, 1.165) is 12.8 Å². The number of fused-ring (bicyclic) bond motifs is 3. The van der Waals surface area contributed by atoms with Crippen molar-refractivity contribution in [1.82, 2.24) is 10.3 Å². The summed E-state index contributed by atoms with van der Waals surface area (Å²) in [5, 5.41) is 4.61. The first kappa shape index (κ1) is 10.8. The van der Waals surface area contributed by atoms with Crippen molar-refractivity contribution in [2.75, 3.05) is 13.2 Å². The lowest BCUT2D eigenvalue weighted by Crippen LogP contribution is -2.26. The van der Waals surface area contributed by atoms with Crippen LogP contribution >= 0.6 is 0 Å². The number of aromatic nitrogens is 1. The normalized spacial score (nSPS) is 19.5. The molecule has 0 spiro atoms. The predicted octanol–water partition coefficient (Wildman–Crippen LogP) is 3.10. The lowest BCUT2D eigenvalue weighted by molar-refractivity contribution is 0.403. The molecule has 1 unspecified atom stereocenters. The molecule has 3 rings (SSSR count). The zero-order chi connectivity index (χ0) is 11.7. The molecule has 0 radical (unpaired) electrons. The maximum Gasteiger partial charge on any atom is 0.102 e. The Hall–Kier alpha value is -1.35. The Balaban J connectivity index is 2.02. The number of rotatable bonds is 3. The van der Waals surface area contributed by atoms with Crippen LogP contribution in [0.4, 0.5) is 4.39 Å². The van der Waals surface area contributed by atoms with Crippen LogP contribution in [0.5, 0.6) is 0 Å². The van der Waals surface area contributed by atoms with E-state index in [2.05, 4.69) is 28.5 Å². The molecule has 0 aliphatic heterocycles. The molecule has 1 atom stereocenters. The SMILES string of the molecule is FCCNC1CCCc2c1[nH]c1ccccc21. The molecular formula is C14H17FN2. The highest BCUT2D eigenvalue weighted by Crippen LogP contribution is 2.34. The molecular weight excluding hydrogens is 215 g/mol. The van der Waals surface area contributed by atoms with Gasteiger partial charge in [-0.15, -0.1) is 0 Å². The van der Waals surface area contributed by atoms with Crippen molar-refractivity contribution in [1.29, 1.82) is 0 Å². The summed E-state index contributed by atoms with van der Waals surface area (Å²) in [6.45, 7) is 0.144. The standard InChI is InChI=1S/C14H17FN2/c15-8-9-16-13-7-3-5-11-10-4-1-2-6-12(10)17-14(11)13/h1-2,4,6,13,16-17H,3,5,7-9H2. The maximum atomic E-state index is 12.3. The zero-order valence-corrected chi connectivity index (χ0v) is 9.80. The van der Waals surface area contributed by atoms with Crippen molar-refractivity contribution in [3.05, 3.63) is 35.5 Å². The van der Waals surface area contributed by atoms with Crippen LogP contribution in [0, 0.1) is 0 Å². The average Bonchev–Trinajstić information content (AvgIpc) is 2.75. The number of hydrogen-bond acceptors (Lipinski definition) is 1. The fraction of sp³-hybridized carbons (Fsp3) is 0.429. The summed E-state index contributed by atoms with van der Waals surface area (Å²) < 4.78 is 12.3. The molecule has 2 N–H and O–H groups in total. The van der Waals surface area contributed by atoms with Crippen molar-refractivity contribution in [3.8, 4) is 0 Å². The number of aromatic amines is 1. The van der Waals surface area contributed by atoms with Gasteiger partial charge >= 0.3 is 0 Å². The van der Waals surface area contributed by atoms with Crippen molar-refractivity contribution in [2.45, 2.75) is 25.3 Å². The molecule has 1 aliphatic carbocycles. The Morgan fingerprint density at radius 3 is 3.12 bits per heavy atom. The molecule has 0 amide bonds. The van der Waals surface area contributed by atoms with Crippen LogP contribution in [0.25, 0.3) is 10.9 Å². The Kier molecular flexibility index (Phi) is 2.85. The number of halogens is 1. The van der Waals surface area contributed by atoms with Gasteiger partial charge in [0.25, 0.3) is 0 Å². The van der Waals surface area contributed by atoms with Gasteiger partial charge in [-0.25, -0.2) is 4.39 Å². The van der Waals surface area contributed by atoms with Crippen molar-refractivity contribution in [2.24, 2.45) is 0 Å². The molecule has 0 fully saturated rings. The van der Waals surface area contributed by atoms with Crippen LogP contribution in [-0.4, -0.2) is 18.2 Å². The number of benzene rings is 1. The molecule has 1 aromatic carbocycles. The summed E-state index contributed by atoms with van der Waals surface area (Å²) in [5.74, 6) is 0. The van der Waals surface area contributed by atoms with Crippen LogP contribution in [-0.2, 0) is 6.42 Å². The van der Waals surface area contributed by atoms with Gasteiger partial charge in [-0.05, 0) is 30.9 Å². The molecule has 1 aliphatic rings. The quantitative estimate of drug-likeness (QED) is 0.836. The van der Waals surface area contributed by atoms with E-state index in [-0.39, 0.29) is 6.67 Å². The van der Waals surface area contributed by atoms with Crippen LogP contribution in [0.3, 0.4) is 0 Å². The topological polar surface area (TPSA) is 27.8 Å². The second-order valence-electron chi connectivity index (χ2n) is 4.65. The summed E-state index contributed by atoms with van der Waals surface area (Å²) in [4.78, 5) is 3.49. The third-order valence-electron chi connectivity index (χ3n) is 3.60. The average molecular weight is 232 g/mol. The van der Waals surface area contributed by atoms with Gasteiger partial charge in [-0.3, -0.25) is 0 Å². The number of aryl methyl sites for hydroxylation is 1. The largest absolute Gasteiger partial charge is 0.357 e. The first-order valence-corrected chi connectivity index (χ1v) is 6.29. The highest BCUT2D eigenvalue weighted by molar-refractivity contribution is 5.85. The van der Waals surface area contributed by atoms with Gasteiger partial charge in [-0.1, -0.05) is 18.2 Å². The molecule has 0 saturated heterocycles. The third kappa shape index (κ3) is 1.84. The highest BCUT2D eigenvalue weighted by Gasteiger charge is 2.23. The van der Waals surface area contributed by atoms with E-state index in [1.165, 1.54) is 28.6 Å². The number of alkyl halides is 1. The monoisotopic (exact) mass is 232 g/mol. The summed E-state index contributed by atoms with van der Waals surface area (Å²) in [6.07, 6.45) is 3.41. The van der Waals surface area contributed by atoms with Crippen LogP contribution in [0.1, 0.15) is 30.1 Å². The number of nitrogens with one attached hydrogen (secondary N) is 2. The lowest BCUT2D eigenvalue weighted by atomic mass is 9.92. The molecule has 2 aromatic rings. The Morgan fingerprint density at radius 2 is 2.24 bits per heavy atom. The molecule has 2 nitrogen and oxygen atoms in total. The molecule has 1 aromatic heterocycles. The van der Waals surface area contributed by atoms with Crippen molar-refractivity contribution < 1.29 is 4.39 Å². The van der Waals surface area contributed by atoms with Crippen LogP contribution < -0.4 is 5.32 Å². The predicted molar refractivity (Wildman–Crippen MR) is 68.0 cm³/mol. The van der Waals surface area contributed by atoms with E-state index in [1.807, 2.05) is 6.07 Å². The van der Waals surface area contributed by atoms with Gasteiger partial charge < -0.3 is 10.3 Å². The molecule has 0 saturated carbocycles.